The molecule has 0 aliphatic carbocycles. The van der Waals surface area contributed by atoms with Crippen LogP contribution in [0.1, 0.15) is 290 Å². The Kier molecular flexibility index (Phi) is 48.8. The Bertz CT molecular complexity index is 989. The zero-order valence-corrected chi connectivity index (χ0v) is 40.9. The van der Waals surface area contributed by atoms with E-state index in [4.69, 9.17) is 14.2 Å². The Morgan fingerprint density at radius 2 is 0.541 bits per heavy atom. The van der Waals surface area contributed by atoms with Crippen LogP contribution in [-0.2, 0) is 28.6 Å². The molecule has 0 saturated heterocycles. The van der Waals surface area contributed by atoms with Gasteiger partial charge in [-0.2, -0.15) is 0 Å². The van der Waals surface area contributed by atoms with Gasteiger partial charge >= 0.3 is 17.9 Å². The number of allylic oxidation sites excluding steroid dienone is 4. The van der Waals surface area contributed by atoms with Crippen LogP contribution in [0.3, 0.4) is 0 Å². The molecule has 0 unspecified atom stereocenters. The number of carbonyl (C=O) groups excluding carboxylic acids is 3. The van der Waals surface area contributed by atoms with Crippen molar-refractivity contribution in [3.63, 3.8) is 0 Å². The lowest BCUT2D eigenvalue weighted by molar-refractivity contribution is -0.167. The predicted molar refractivity (Wildman–Crippen MR) is 261 cm³/mol. The number of hydrogen-bond acceptors (Lipinski definition) is 6. The first kappa shape index (κ1) is 58.9. The summed E-state index contributed by atoms with van der Waals surface area (Å²) < 4.78 is 16.8. The van der Waals surface area contributed by atoms with Gasteiger partial charge in [-0.3, -0.25) is 14.4 Å². The van der Waals surface area contributed by atoms with Gasteiger partial charge in [-0.1, -0.05) is 225 Å². The molecule has 0 aliphatic rings. The molecule has 0 bridgehead atoms. The first-order valence-corrected chi connectivity index (χ1v) is 26.8. The van der Waals surface area contributed by atoms with Crippen molar-refractivity contribution in [3.05, 3.63) is 24.3 Å². The third-order valence-electron chi connectivity index (χ3n) is 11.9. The zero-order valence-electron chi connectivity index (χ0n) is 40.9. The summed E-state index contributed by atoms with van der Waals surface area (Å²) in [5.41, 5.74) is 0. The van der Waals surface area contributed by atoms with E-state index in [1.165, 1.54) is 180 Å². The summed E-state index contributed by atoms with van der Waals surface area (Å²) in [6, 6.07) is 0. The average Bonchev–Trinajstić information content (AvgIpc) is 3.26. The van der Waals surface area contributed by atoms with E-state index in [0.717, 1.165) is 70.6 Å². The third kappa shape index (κ3) is 48.8. The Hall–Kier alpha value is -2.11. The van der Waals surface area contributed by atoms with E-state index in [-0.39, 0.29) is 31.1 Å². The molecule has 1 atom stereocenters. The van der Waals surface area contributed by atoms with E-state index in [1.807, 2.05) is 0 Å². The zero-order chi connectivity index (χ0) is 44.4. The van der Waals surface area contributed by atoms with Crippen LogP contribution in [0.2, 0.25) is 0 Å². The maximum absolute atomic E-state index is 12.8. The summed E-state index contributed by atoms with van der Waals surface area (Å²) in [5, 5.41) is 0. The smallest absolute Gasteiger partial charge is 0.306 e. The minimum Gasteiger partial charge on any atom is -0.462 e. The van der Waals surface area contributed by atoms with Gasteiger partial charge in [0.2, 0.25) is 0 Å². The van der Waals surface area contributed by atoms with Crippen LogP contribution >= 0.6 is 0 Å². The molecule has 61 heavy (non-hydrogen) atoms. The van der Waals surface area contributed by atoms with E-state index in [1.54, 1.807) is 0 Å². The van der Waals surface area contributed by atoms with Gasteiger partial charge in [0.05, 0.1) is 0 Å². The maximum atomic E-state index is 12.8. The van der Waals surface area contributed by atoms with Crippen molar-refractivity contribution in [1.82, 2.24) is 0 Å². The topological polar surface area (TPSA) is 78.9 Å². The molecule has 0 aromatic carbocycles. The van der Waals surface area contributed by atoms with Crippen LogP contribution in [0.5, 0.6) is 0 Å². The second kappa shape index (κ2) is 50.5. The minimum absolute atomic E-state index is 0.0745. The second-order valence-electron chi connectivity index (χ2n) is 18.1. The monoisotopic (exact) mass is 859 g/mol. The van der Waals surface area contributed by atoms with Crippen molar-refractivity contribution in [2.24, 2.45) is 0 Å². The molecule has 0 aliphatic heterocycles. The van der Waals surface area contributed by atoms with Crippen LogP contribution in [0.25, 0.3) is 0 Å². The number of esters is 3. The van der Waals surface area contributed by atoms with Gasteiger partial charge in [-0.25, -0.2) is 0 Å². The molecule has 0 spiro atoms. The average molecular weight is 859 g/mol. The van der Waals surface area contributed by atoms with Crippen molar-refractivity contribution in [2.45, 2.75) is 297 Å². The standard InChI is InChI=1S/C55H102O6/c1-4-7-10-13-16-19-22-25-27-29-30-33-36-39-42-45-48-54(57)60-51-52(50-59-53(56)47-44-41-38-35-32-24-21-18-15-12-9-6-3)61-55(58)49-46-43-40-37-34-31-28-26-23-20-17-14-11-8-5-2/h18,21,27,29,52H,4-17,19-20,22-26,28,30-51H2,1-3H3/b21-18-,29-27-/t52-/m1/s1. The fraction of sp³-hybridized carbons (Fsp3) is 0.873. The lowest BCUT2D eigenvalue weighted by Gasteiger charge is -2.18. The SMILES string of the molecule is CCCCC/C=C\CCCCCCCC(=O)OC[C@H](COC(=O)CCCCCCC/C=C\CCCCCCCCC)OC(=O)CCCCCCCCCCCCCCCCC. The molecule has 358 valence electrons. The molecule has 0 heterocycles. The van der Waals surface area contributed by atoms with Crippen LogP contribution < -0.4 is 0 Å². The molecule has 0 aromatic rings. The van der Waals surface area contributed by atoms with Crippen molar-refractivity contribution in [1.29, 1.82) is 0 Å². The van der Waals surface area contributed by atoms with Crippen molar-refractivity contribution >= 4 is 17.9 Å². The van der Waals surface area contributed by atoms with Crippen molar-refractivity contribution < 1.29 is 28.6 Å². The lowest BCUT2D eigenvalue weighted by Crippen LogP contribution is -2.30. The Balaban J connectivity index is 4.35. The normalized spacial score (nSPS) is 12.1. The Labute approximate surface area is 379 Å². The molecule has 0 saturated carbocycles. The number of ether oxygens (including phenoxy) is 3. The van der Waals surface area contributed by atoms with Gasteiger partial charge in [0.1, 0.15) is 13.2 Å². The molecule has 0 fully saturated rings. The summed E-state index contributed by atoms with van der Waals surface area (Å²) in [6.07, 6.45) is 57.3. The van der Waals surface area contributed by atoms with E-state index in [0.29, 0.717) is 19.3 Å². The largest absolute Gasteiger partial charge is 0.462 e. The van der Waals surface area contributed by atoms with Gasteiger partial charge < -0.3 is 14.2 Å². The summed E-state index contributed by atoms with van der Waals surface area (Å²) in [6.45, 7) is 6.63. The van der Waals surface area contributed by atoms with Gasteiger partial charge in [0.15, 0.2) is 6.10 Å². The van der Waals surface area contributed by atoms with E-state index in [9.17, 15) is 14.4 Å². The molecular weight excluding hydrogens is 757 g/mol. The summed E-state index contributed by atoms with van der Waals surface area (Å²) in [5.74, 6) is -0.876. The van der Waals surface area contributed by atoms with Crippen molar-refractivity contribution in [3.8, 4) is 0 Å². The van der Waals surface area contributed by atoms with Crippen LogP contribution in [0.15, 0.2) is 24.3 Å². The highest BCUT2D eigenvalue weighted by molar-refractivity contribution is 5.71. The van der Waals surface area contributed by atoms with Crippen LogP contribution in [-0.4, -0.2) is 37.2 Å². The van der Waals surface area contributed by atoms with Gasteiger partial charge in [-0.15, -0.1) is 0 Å². The Morgan fingerprint density at radius 1 is 0.311 bits per heavy atom. The highest BCUT2D eigenvalue weighted by atomic mass is 16.6. The molecule has 0 radical (unpaired) electrons. The number of unbranched alkanes of at least 4 members (excludes halogenated alkanes) is 34. The first-order chi connectivity index (χ1) is 30.0. The second-order valence-corrected chi connectivity index (χ2v) is 18.1. The van der Waals surface area contributed by atoms with Crippen LogP contribution in [0.4, 0.5) is 0 Å². The summed E-state index contributed by atoms with van der Waals surface area (Å²) in [7, 11) is 0. The minimum atomic E-state index is -0.773. The van der Waals surface area contributed by atoms with Gasteiger partial charge in [0.25, 0.3) is 0 Å². The fourth-order valence-electron chi connectivity index (χ4n) is 7.84. The van der Waals surface area contributed by atoms with Gasteiger partial charge in [0, 0.05) is 19.3 Å². The maximum Gasteiger partial charge on any atom is 0.306 e. The van der Waals surface area contributed by atoms with Crippen LogP contribution in [0, 0.1) is 0 Å². The predicted octanol–water partition coefficient (Wildman–Crippen LogP) is 17.5. The van der Waals surface area contributed by atoms with Crippen molar-refractivity contribution in [2.75, 3.05) is 13.2 Å². The Morgan fingerprint density at radius 3 is 0.852 bits per heavy atom. The fourth-order valence-corrected chi connectivity index (χ4v) is 7.84. The molecule has 6 heteroatoms. The summed E-state index contributed by atoms with van der Waals surface area (Å²) >= 11 is 0. The number of hydrogen-bond donors (Lipinski definition) is 0. The number of rotatable bonds is 49. The van der Waals surface area contributed by atoms with E-state index in [2.05, 4.69) is 45.1 Å². The molecule has 0 aromatic heterocycles. The molecule has 0 amide bonds. The van der Waals surface area contributed by atoms with E-state index >= 15 is 0 Å². The quantitative estimate of drug-likeness (QED) is 0.0262. The summed E-state index contributed by atoms with van der Waals surface area (Å²) in [4.78, 5) is 38.0. The third-order valence-corrected chi connectivity index (χ3v) is 11.9. The molecular formula is C55H102O6. The highest BCUT2D eigenvalue weighted by Gasteiger charge is 2.19. The lowest BCUT2D eigenvalue weighted by atomic mass is 10.0. The number of carbonyl (C=O) groups is 3. The molecule has 0 N–H and O–H groups in total. The molecule has 0 rings (SSSR count). The first-order valence-electron chi connectivity index (χ1n) is 26.8. The molecule has 6 nitrogen and oxygen atoms in total. The van der Waals surface area contributed by atoms with Gasteiger partial charge in [-0.05, 0) is 70.6 Å². The highest BCUT2D eigenvalue weighted by Crippen LogP contribution is 2.16. The van der Waals surface area contributed by atoms with E-state index < -0.39 is 6.10 Å².